The van der Waals surface area contributed by atoms with Gasteiger partial charge in [-0.3, -0.25) is 0 Å². The molecule has 0 bridgehead atoms. The molecule has 0 fully saturated rings. The molecule has 7 nitrogen and oxygen atoms in total. The van der Waals surface area contributed by atoms with Crippen molar-refractivity contribution in [1.82, 2.24) is 9.38 Å². The summed E-state index contributed by atoms with van der Waals surface area (Å²) in [4.78, 5) is 4.71. The lowest BCUT2D eigenvalue weighted by Gasteiger charge is -2.12. The van der Waals surface area contributed by atoms with E-state index in [9.17, 15) is 5.11 Å². The molecule has 0 aliphatic heterocycles. The van der Waals surface area contributed by atoms with Crippen LogP contribution in [0.3, 0.4) is 0 Å². The molecule has 2 aromatic carbocycles. The molecule has 0 saturated carbocycles. The molecular weight excluding hydrogens is 316 g/mol. The van der Waals surface area contributed by atoms with Gasteiger partial charge in [0.1, 0.15) is 11.6 Å². The first-order chi connectivity index (χ1) is 12.2. The van der Waals surface area contributed by atoms with Gasteiger partial charge >= 0.3 is 0 Å². The second-order valence-electron chi connectivity index (χ2n) is 5.62. The average Bonchev–Trinajstić information content (AvgIpc) is 3.11. The highest BCUT2D eigenvalue weighted by molar-refractivity contribution is 6.00. The van der Waals surface area contributed by atoms with E-state index < -0.39 is 0 Å². The third kappa shape index (κ3) is 2.57. The van der Waals surface area contributed by atoms with Crippen LogP contribution in [-0.2, 0) is 0 Å². The lowest BCUT2D eigenvalue weighted by atomic mass is 10.1. The molecule has 25 heavy (non-hydrogen) atoms. The minimum absolute atomic E-state index is 0.186. The van der Waals surface area contributed by atoms with E-state index in [-0.39, 0.29) is 11.6 Å². The maximum absolute atomic E-state index is 9.66. The number of anilines is 2. The smallest absolute Gasteiger partial charge is 0.155 e. The van der Waals surface area contributed by atoms with Gasteiger partial charge in [0.05, 0.1) is 16.6 Å². The molecule has 0 spiro atoms. The number of fused-ring (bicyclic) bond motifs is 3. The molecule has 2 aromatic heterocycles. The number of aromatic nitrogens is 2. The number of amidine groups is 1. The maximum Gasteiger partial charge on any atom is 0.155 e. The number of nitrogens with one attached hydrogen (secondary N) is 1. The van der Waals surface area contributed by atoms with Gasteiger partial charge in [-0.15, -0.1) is 0 Å². The van der Waals surface area contributed by atoms with Crippen molar-refractivity contribution < 1.29 is 5.11 Å². The quantitative estimate of drug-likeness (QED) is 0.199. The molecule has 0 radical (unpaired) electrons. The summed E-state index contributed by atoms with van der Waals surface area (Å²) in [5.74, 6) is 6.37. The number of benzene rings is 2. The minimum atomic E-state index is 0.186. The molecule has 2 heterocycles. The van der Waals surface area contributed by atoms with Crippen molar-refractivity contribution in [3.8, 4) is 5.75 Å². The number of phenolic OH excluding ortho intramolecular Hbond substituents is 1. The van der Waals surface area contributed by atoms with Gasteiger partial charge < -0.3 is 26.4 Å². The fourth-order valence-electron chi connectivity index (χ4n) is 2.82. The number of hydrazone groups is 1. The topological polar surface area (TPSA) is 114 Å². The summed E-state index contributed by atoms with van der Waals surface area (Å²) in [6, 6.07) is 16.4. The molecule has 0 aliphatic rings. The number of rotatable bonds is 3. The van der Waals surface area contributed by atoms with Crippen molar-refractivity contribution in [1.29, 1.82) is 0 Å². The highest BCUT2D eigenvalue weighted by atomic mass is 16.3. The fraction of sp³-hybridized carbons (Fsp3) is 0. The molecule has 0 unspecified atom stereocenters. The first kappa shape index (κ1) is 14.8. The Balaban J connectivity index is 1.91. The standard InChI is InChI=1S/C18H16N6O/c19-17(23-20)11-6-7-15-14(9-11)22-18(16-5-2-8-24(15)16)21-12-3-1-4-13(25)10-12/h1-10,25H,20H2,(H2,19,23)(H,21,22). The molecule has 7 heteroatoms. The number of nitrogens with two attached hydrogens (primary N) is 2. The predicted octanol–water partition coefficient (Wildman–Crippen LogP) is 2.52. The number of nitrogens with zero attached hydrogens (tertiary/aromatic N) is 3. The Morgan fingerprint density at radius 1 is 1.08 bits per heavy atom. The van der Waals surface area contributed by atoms with Crippen molar-refractivity contribution in [3.63, 3.8) is 0 Å². The van der Waals surface area contributed by atoms with Crippen molar-refractivity contribution in [2.75, 3.05) is 5.32 Å². The van der Waals surface area contributed by atoms with Gasteiger partial charge in [-0.2, -0.15) is 5.10 Å². The summed E-state index contributed by atoms with van der Waals surface area (Å²) in [6.45, 7) is 0. The van der Waals surface area contributed by atoms with E-state index in [1.54, 1.807) is 18.2 Å². The molecule has 4 aromatic rings. The van der Waals surface area contributed by atoms with Crippen LogP contribution < -0.4 is 16.9 Å². The summed E-state index contributed by atoms with van der Waals surface area (Å²) in [7, 11) is 0. The Morgan fingerprint density at radius 3 is 2.76 bits per heavy atom. The first-order valence-corrected chi connectivity index (χ1v) is 7.66. The zero-order valence-corrected chi connectivity index (χ0v) is 13.2. The molecular formula is C18H16N6O. The normalized spacial score (nSPS) is 11.9. The summed E-state index contributed by atoms with van der Waals surface area (Å²) in [5.41, 5.74) is 9.86. The van der Waals surface area contributed by atoms with Crippen LogP contribution in [0.15, 0.2) is 65.9 Å². The zero-order chi connectivity index (χ0) is 17.4. The Labute approximate surface area is 143 Å². The SMILES string of the molecule is N/N=C(\N)c1ccc2c(c1)nc(Nc1cccc(O)c1)c1cccn12. The lowest BCUT2D eigenvalue weighted by molar-refractivity contribution is 0.475. The van der Waals surface area contributed by atoms with Crippen molar-refractivity contribution in [2.45, 2.75) is 0 Å². The van der Waals surface area contributed by atoms with Crippen LogP contribution in [0.2, 0.25) is 0 Å². The number of hydrogen-bond acceptors (Lipinski definition) is 5. The summed E-state index contributed by atoms with van der Waals surface area (Å²) in [6.07, 6.45) is 1.97. The van der Waals surface area contributed by atoms with E-state index in [0.29, 0.717) is 11.4 Å². The molecule has 0 atom stereocenters. The zero-order valence-electron chi connectivity index (χ0n) is 13.2. The van der Waals surface area contributed by atoms with Gasteiger partial charge in [-0.05, 0) is 42.5 Å². The van der Waals surface area contributed by atoms with Gasteiger partial charge in [0, 0.05) is 23.5 Å². The van der Waals surface area contributed by atoms with E-state index in [1.807, 2.05) is 47.0 Å². The number of phenols is 1. The highest BCUT2D eigenvalue weighted by Gasteiger charge is 2.10. The second kappa shape index (κ2) is 5.72. The first-order valence-electron chi connectivity index (χ1n) is 7.66. The summed E-state index contributed by atoms with van der Waals surface area (Å²) in [5, 5.41) is 16.4. The molecule has 124 valence electrons. The molecule has 0 aliphatic carbocycles. The third-order valence-corrected chi connectivity index (χ3v) is 4.00. The van der Waals surface area contributed by atoms with Crippen molar-refractivity contribution in [2.24, 2.45) is 16.7 Å². The van der Waals surface area contributed by atoms with E-state index in [0.717, 1.165) is 22.2 Å². The van der Waals surface area contributed by atoms with E-state index in [1.165, 1.54) is 0 Å². The fourth-order valence-corrected chi connectivity index (χ4v) is 2.82. The van der Waals surface area contributed by atoms with Gasteiger partial charge in [0.2, 0.25) is 0 Å². The molecule has 6 N–H and O–H groups in total. The maximum atomic E-state index is 9.66. The van der Waals surface area contributed by atoms with Crippen LogP contribution in [0.5, 0.6) is 5.75 Å². The Morgan fingerprint density at radius 2 is 1.96 bits per heavy atom. The van der Waals surface area contributed by atoms with Crippen LogP contribution in [0, 0.1) is 0 Å². The lowest BCUT2D eigenvalue weighted by Crippen LogP contribution is -2.15. The van der Waals surface area contributed by atoms with Gasteiger partial charge in [-0.1, -0.05) is 6.07 Å². The molecule has 4 rings (SSSR count). The highest BCUT2D eigenvalue weighted by Crippen LogP contribution is 2.27. The average molecular weight is 332 g/mol. The van der Waals surface area contributed by atoms with Gasteiger partial charge in [0.25, 0.3) is 0 Å². The largest absolute Gasteiger partial charge is 0.508 e. The van der Waals surface area contributed by atoms with E-state index >= 15 is 0 Å². The van der Waals surface area contributed by atoms with Gasteiger partial charge in [0.15, 0.2) is 5.82 Å². The van der Waals surface area contributed by atoms with Crippen molar-refractivity contribution >= 4 is 33.9 Å². The van der Waals surface area contributed by atoms with E-state index in [4.69, 9.17) is 16.6 Å². The summed E-state index contributed by atoms with van der Waals surface area (Å²) >= 11 is 0. The van der Waals surface area contributed by atoms with Crippen molar-refractivity contribution in [3.05, 3.63) is 66.4 Å². The third-order valence-electron chi connectivity index (χ3n) is 4.00. The Bertz CT molecular complexity index is 1120. The van der Waals surface area contributed by atoms with Gasteiger partial charge in [-0.25, -0.2) is 4.98 Å². The monoisotopic (exact) mass is 332 g/mol. The van der Waals surface area contributed by atoms with Crippen LogP contribution >= 0.6 is 0 Å². The summed E-state index contributed by atoms with van der Waals surface area (Å²) < 4.78 is 2.03. The molecule has 0 saturated heterocycles. The Hall–Kier alpha value is -3.74. The Kier molecular flexibility index (Phi) is 3.39. The molecule has 0 amide bonds. The van der Waals surface area contributed by atoms with Crippen LogP contribution in [-0.4, -0.2) is 20.3 Å². The van der Waals surface area contributed by atoms with E-state index in [2.05, 4.69) is 10.4 Å². The number of aromatic hydroxyl groups is 1. The predicted molar refractivity (Wildman–Crippen MR) is 99.0 cm³/mol. The van der Waals surface area contributed by atoms with Crippen LogP contribution in [0.1, 0.15) is 5.56 Å². The minimum Gasteiger partial charge on any atom is -0.508 e. The van der Waals surface area contributed by atoms with Crippen LogP contribution in [0.25, 0.3) is 16.6 Å². The van der Waals surface area contributed by atoms with Crippen LogP contribution in [0.4, 0.5) is 11.5 Å². The second-order valence-corrected chi connectivity index (χ2v) is 5.62. The number of hydrogen-bond donors (Lipinski definition) is 4.